The Labute approximate surface area is 388 Å². The first-order valence-corrected chi connectivity index (χ1v) is 24.9. The Bertz CT molecular complexity index is 2950. The first kappa shape index (κ1) is 42.5. The van der Waals surface area contributed by atoms with Gasteiger partial charge in [0.2, 0.25) is 0 Å². The summed E-state index contributed by atoms with van der Waals surface area (Å²) in [5.41, 5.74) is 2.98. The maximum absolute atomic E-state index is 15.7. The van der Waals surface area contributed by atoms with E-state index in [2.05, 4.69) is 144 Å². The molecule has 2 atom stereocenters. The van der Waals surface area contributed by atoms with Crippen molar-refractivity contribution in [2.24, 2.45) is 0 Å². The third-order valence-electron chi connectivity index (χ3n) is 12.0. The fourth-order valence-electron chi connectivity index (χ4n) is 9.00. The molecule has 0 bridgehead atoms. The first-order valence-electron chi connectivity index (χ1n) is 22.2. The number of carbonyl (C=O) groups is 2. The van der Waals surface area contributed by atoms with Gasteiger partial charge in [0.15, 0.2) is 0 Å². The largest absolute Gasteiger partial charge is 0.343 e. The average molecular weight is 889 g/mol. The van der Waals surface area contributed by atoms with Gasteiger partial charge in [-0.05, 0) is 80.3 Å². The van der Waals surface area contributed by atoms with E-state index in [4.69, 9.17) is 0 Å². The fourth-order valence-corrected chi connectivity index (χ4v) is 13.9. The summed E-state index contributed by atoms with van der Waals surface area (Å²) in [6.07, 6.45) is 0. The summed E-state index contributed by atoms with van der Waals surface area (Å²) in [4.78, 5) is 31.5. The van der Waals surface area contributed by atoms with Crippen LogP contribution >= 0.6 is 15.8 Å². The summed E-state index contributed by atoms with van der Waals surface area (Å²) in [5, 5.41) is 17.4. The fraction of sp³-hybridized carbons (Fsp3) is 0.0333. The summed E-state index contributed by atoms with van der Waals surface area (Å²) in [6.45, 7) is 0. The molecule has 0 aliphatic heterocycles. The van der Waals surface area contributed by atoms with Gasteiger partial charge in [-0.15, -0.1) is 0 Å². The van der Waals surface area contributed by atoms with Crippen molar-refractivity contribution in [2.45, 2.75) is 12.1 Å². The molecule has 318 valence electrons. The molecule has 66 heavy (non-hydrogen) atoms. The zero-order valence-electron chi connectivity index (χ0n) is 36.1. The average Bonchev–Trinajstić information content (AvgIpc) is 3.39. The van der Waals surface area contributed by atoms with Gasteiger partial charge in [-0.2, -0.15) is 0 Å². The number of benzene rings is 10. The summed E-state index contributed by atoms with van der Waals surface area (Å²) in [7, 11) is -2.30. The first-order chi connectivity index (χ1) is 32.6. The summed E-state index contributed by atoms with van der Waals surface area (Å²) >= 11 is 0. The number of hydrogen-bond acceptors (Lipinski definition) is 2. The van der Waals surface area contributed by atoms with Crippen LogP contribution in [0.3, 0.4) is 0 Å². The second-order valence-corrected chi connectivity index (χ2v) is 20.5. The highest BCUT2D eigenvalue weighted by atomic mass is 31.1. The van der Waals surface area contributed by atoms with E-state index in [1.165, 1.54) is 0 Å². The van der Waals surface area contributed by atoms with Gasteiger partial charge in [-0.3, -0.25) is 9.59 Å². The number of fused-ring (bicyclic) bond motifs is 2. The topological polar surface area (TPSA) is 58.2 Å². The van der Waals surface area contributed by atoms with Crippen LogP contribution in [0.5, 0.6) is 0 Å². The zero-order chi connectivity index (χ0) is 44.7. The van der Waals surface area contributed by atoms with Crippen LogP contribution in [0.4, 0.5) is 0 Å². The lowest BCUT2D eigenvalue weighted by molar-refractivity contribution is 0.0884. The minimum absolute atomic E-state index is 0.215. The van der Waals surface area contributed by atoms with Gasteiger partial charge >= 0.3 is 0 Å². The SMILES string of the molecule is O=C(N[C@H](c1ccccc1)[C@H](NC(=O)c1c(P(c2ccccc2)c2ccccc2)ccc2ccccc12)c1ccccc1)c1c(P(c2ccccc2)c2ccccc2)ccc2ccccc12. The van der Waals surface area contributed by atoms with Gasteiger partial charge in [-0.25, -0.2) is 0 Å². The molecule has 10 rings (SSSR count). The van der Waals surface area contributed by atoms with Crippen molar-refractivity contribution in [1.82, 2.24) is 10.6 Å². The molecule has 0 fully saturated rings. The van der Waals surface area contributed by atoms with E-state index in [9.17, 15) is 0 Å². The van der Waals surface area contributed by atoms with E-state index in [1.54, 1.807) is 0 Å². The molecule has 0 spiro atoms. The molecular formula is C60H46N2O2P2. The third-order valence-corrected chi connectivity index (χ3v) is 17.0. The summed E-state index contributed by atoms with van der Waals surface area (Å²) in [5.74, 6) is -0.430. The van der Waals surface area contributed by atoms with Crippen molar-refractivity contribution in [3.63, 3.8) is 0 Å². The molecule has 0 aliphatic carbocycles. The lowest BCUT2D eigenvalue weighted by Gasteiger charge is -2.32. The van der Waals surface area contributed by atoms with Crippen LogP contribution in [-0.2, 0) is 0 Å². The second-order valence-electron chi connectivity index (χ2n) is 16.1. The Morgan fingerprint density at radius 1 is 0.303 bits per heavy atom. The molecule has 0 aliphatic rings. The normalized spacial score (nSPS) is 12.2. The van der Waals surface area contributed by atoms with Gasteiger partial charge in [0, 0.05) is 0 Å². The highest BCUT2D eigenvalue weighted by molar-refractivity contribution is 7.80. The number of amides is 2. The van der Waals surface area contributed by atoms with Crippen LogP contribution in [0.1, 0.15) is 43.9 Å². The molecule has 6 heteroatoms. The maximum atomic E-state index is 15.7. The minimum Gasteiger partial charge on any atom is -0.343 e. The molecule has 0 unspecified atom stereocenters. The Morgan fingerprint density at radius 2 is 0.576 bits per heavy atom. The highest BCUT2D eigenvalue weighted by Gasteiger charge is 2.33. The van der Waals surface area contributed by atoms with Crippen molar-refractivity contribution in [3.05, 3.63) is 277 Å². The molecule has 4 nitrogen and oxygen atoms in total. The van der Waals surface area contributed by atoms with Crippen molar-refractivity contribution in [3.8, 4) is 0 Å². The number of nitrogens with one attached hydrogen (secondary N) is 2. The van der Waals surface area contributed by atoms with Gasteiger partial charge in [-0.1, -0.05) is 255 Å². The Balaban J connectivity index is 1.13. The van der Waals surface area contributed by atoms with Crippen LogP contribution in [0, 0.1) is 0 Å². The van der Waals surface area contributed by atoms with Gasteiger partial charge in [0.1, 0.15) is 0 Å². The Morgan fingerprint density at radius 3 is 0.894 bits per heavy atom. The van der Waals surface area contributed by atoms with E-state index in [0.717, 1.165) is 64.5 Å². The number of carbonyl (C=O) groups excluding carboxylic acids is 2. The number of rotatable bonds is 13. The lowest BCUT2D eigenvalue weighted by atomic mass is 9.92. The van der Waals surface area contributed by atoms with E-state index in [-0.39, 0.29) is 11.8 Å². The maximum Gasteiger partial charge on any atom is 0.253 e. The molecular weight excluding hydrogens is 843 g/mol. The smallest absolute Gasteiger partial charge is 0.253 e. The summed E-state index contributed by atoms with van der Waals surface area (Å²) in [6, 6.07) is 85.4. The molecule has 0 saturated carbocycles. The van der Waals surface area contributed by atoms with Crippen LogP contribution in [0.2, 0.25) is 0 Å². The van der Waals surface area contributed by atoms with Gasteiger partial charge in [0.25, 0.3) is 11.8 Å². The molecule has 10 aromatic carbocycles. The summed E-state index contributed by atoms with van der Waals surface area (Å²) < 4.78 is 0. The van der Waals surface area contributed by atoms with Crippen molar-refractivity contribution in [2.75, 3.05) is 0 Å². The van der Waals surface area contributed by atoms with Crippen molar-refractivity contribution >= 4 is 81.0 Å². The van der Waals surface area contributed by atoms with Gasteiger partial charge < -0.3 is 10.6 Å². The predicted molar refractivity (Wildman–Crippen MR) is 279 cm³/mol. The standard InChI is InChI=1S/C60H46N2O2P2/c63-59(55-51-37-21-19-23-43(51)39-41-53(55)65(47-29-11-3-12-30-47)48-31-13-4-14-32-48)61-57(45-25-7-1-8-26-45)58(46-27-9-2-10-28-46)62-60(64)56-52-38-22-20-24-44(52)40-42-54(56)66(49-33-15-5-16-34-49)50-35-17-6-18-36-50/h1-42,57-58H,(H,61,63)(H,62,64)/t57-,58-/m1/s1. The van der Waals surface area contributed by atoms with E-state index in [1.807, 2.05) is 121 Å². The van der Waals surface area contributed by atoms with E-state index < -0.39 is 27.9 Å². The lowest BCUT2D eigenvalue weighted by Crippen LogP contribution is -2.43. The predicted octanol–water partition coefficient (Wildman–Crippen LogP) is 11.2. The van der Waals surface area contributed by atoms with Gasteiger partial charge in [0.05, 0.1) is 23.2 Å². The highest BCUT2D eigenvalue weighted by Crippen LogP contribution is 2.39. The van der Waals surface area contributed by atoms with Crippen LogP contribution in [0.15, 0.2) is 255 Å². The molecule has 10 aromatic rings. The Kier molecular flexibility index (Phi) is 12.7. The molecule has 0 aromatic heterocycles. The molecule has 0 saturated heterocycles. The van der Waals surface area contributed by atoms with Crippen LogP contribution < -0.4 is 42.5 Å². The van der Waals surface area contributed by atoms with Crippen LogP contribution in [0.25, 0.3) is 21.5 Å². The minimum atomic E-state index is -1.15. The molecule has 2 N–H and O–H groups in total. The van der Waals surface area contributed by atoms with E-state index >= 15 is 9.59 Å². The van der Waals surface area contributed by atoms with Crippen LogP contribution in [-0.4, -0.2) is 11.8 Å². The third kappa shape index (κ3) is 8.82. The quantitative estimate of drug-likeness (QED) is 0.113. The molecule has 0 heterocycles. The second kappa shape index (κ2) is 19.7. The van der Waals surface area contributed by atoms with Crippen molar-refractivity contribution in [1.29, 1.82) is 0 Å². The Hall–Kier alpha value is -7.48. The number of hydrogen-bond donors (Lipinski definition) is 2. The van der Waals surface area contributed by atoms with E-state index in [0.29, 0.717) is 11.1 Å². The molecule has 0 radical (unpaired) electrons. The van der Waals surface area contributed by atoms with Crippen molar-refractivity contribution < 1.29 is 9.59 Å². The zero-order valence-corrected chi connectivity index (χ0v) is 37.9. The molecule has 2 amide bonds. The monoisotopic (exact) mass is 888 g/mol.